The van der Waals surface area contributed by atoms with E-state index in [0.29, 0.717) is 12.0 Å². The van der Waals surface area contributed by atoms with Crippen molar-refractivity contribution < 1.29 is 9.85 Å². The van der Waals surface area contributed by atoms with Gasteiger partial charge in [0.15, 0.2) is 0 Å². The lowest BCUT2D eigenvalue weighted by Crippen LogP contribution is -2.18. The summed E-state index contributed by atoms with van der Waals surface area (Å²) in [7, 11) is 0. The monoisotopic (exact) mass is 296 g/mol. The van der Waals surface area contributed by atoms with Crippen molar-refractivity contribution in [1.82, 2.24) is 0 Å². The van der Waals surface area contributed by atoms with E-state index in [1.165, 1.54) is 12.1 Å². The van der Waals surface area contributed by atoms with Gasteiger partial charge in [0.2, 0.25) is 0 Å². The third kappa shape index (κ3) is 2.35. The zero-order valence-corrected chi connectivity index (χ0v) is 11.5. The van der Waals surface area contributed by atoms with E-state index in [2.05, 4.69) is 0 Å². The molecule has 0 amide bonds. The van der Waals surface area contributed by atoms with Crippen LogP contribution in [0.3, 0.4) is 0 Å². The number of nitro benzene ring substituents is 1. The molecule has 0 saturated heterocycles. The SMILES string of the molecule is O=[N+]([O-])C1=Cc2ccccc2CC1c1ccccc1[N+](=O)[O-]. The lowest BCUT2D eigenvalue weighted by molar-refractivity contribution is -0.429. The topological polar surface area (TPSA) is 86.3 Å². The van der Waals surface area contributed by atoms with E-state index in [-0.39, 0.29) is 11.4 Å². The molecule has 1 atom stereocenters. The standard InChI is InChI=1S/C16H12N2O4/c19-17(20)15-8-4-3-7-13(15)14-9-11-5-1-2-6-12(11)10-16(14)18(21)22/h1-8,10,14H,9H2. The Bertz CT molecular complexity index is 798. The van der Waals surface area contributed by atoms with Gasteiger partial charge in [-0.3, -0.25) is 20.2 Å². The maximum absolute atomic E-state index is 11.4. The lowest BCUT2D eigenvalue weighted by Gasteiger charge is -2.20. The largest absolute Gasteiger partial charge is 0.273 e. The molecule has 0 aliphatic heterocycles. The molecule has 0 bridgehead atoms. The van der Waals surface area contributed by atoms with Gasteiger partial charge in [0.1, 0.15) is 0 Å². The van der Waals surface area contributed by atoms with Crippen LogP contribution in [-0.4, -0.2) is 9.85 Å². The van der Waals surface area contributed by atoms with Gasteiger partial charge in [0.05, 0.1) is 15.8 Å². The molecule has 0 heterocycles. The van der Waals surface area contributed by atoms with Gasteiger partial charge in [-0.15, -0.1) is 0 Å². The molecule has 0 N–H and O–H groups in total. The Morgan fingerprint density at radius 3 is 2.32 bits per heavy atom. The number of nitro groups is 2. The Hall–Kier alpha value is -3.02. The summed E-state index contributed by atoms with van der Waals surface area (Å²) in [6.07, 6.45) is 1.90. The number of hydrogen-bond donors (Lipinski definition) is 0. The zero-order chi connectivity index (χ0) is 15.7. The van der Waals surface area contributed by atoms with Crippen molar-refractivity contribution in [3.8, 4) is 0 Å². The van der Waals surface area contributed by atoms with Crippen LogP contribution in [-0.2, 0) is 6.42 Å². The van der Waals surface area contributed by atoms with Crippen LogP contribution in [0.5, 0.6) is 0 Å². The maximum atomic E-state index is 11.4. The van der Waals surface area contributed by atoms with Crippen LogP contribution in [0.2, 0.25) is 0 Å². The summed E-state index contributed by atoms with van der Waals surface area (Å²) < 4.78 is 0. The molecule has 2 aromatic carbocycles. The van der Waals surface area contributed by atoms with Crippen LogP contribution in [0.25, 0.3) is 6.08 Å². The molecular weight excluding hydrogens is 284 g/mol. The minimum Gasteiger partial charge on any atom is -0.259 e. The average molecular weight is 296 g/mol. The second kappa shape index (κ2) is 5.40. The van der Waals surface area contributed by atoms with Gasteiger partial charge in [0, 0.05) is 17.7 Å². The first-order valence-corrected chi connectivity index (χ1v) is 6.75. The van der Waals surface area contributed by atoms with Crippen LogP contribution in [0, 0.1) is 20.2 Å². The molecule has 2 aromatic rings. The summed E-state index contributed by atoms with van der Waals surface area (Å²) in [6.45, 7) is 0. The van der Waals surface area contributed by atoms with E-state index < -0.39 is 15.8 Å². The molecule has 0 fully saturated rings. The molecule has 1 aliphatic carbocycles. The van der Waals surface area contributed by atoms with Gasteiger partial charge >= 0.3 is 0 Å². The Morgan fingerprint density at radius 1 is 0.909 bits per heavy atom. The molecule has 3 rings (SSSR count). The zero-order valence-electron chi connectivity index (χ0n) is 11.5. The number of benzene rings is 2. The van der Waals surface area contributed by atoms with Gasteiger partial charge in [-0.25, -0.2) is 0 Å². The fourth-order valence-electron chi connectivity index (χ4n) is 2.84. The van der Waals surface area contributed by atoms with E-state index >= 15 is 0 Å². The first kappa shape index (κ1) is 13.9. The highest BCUT2D eigenvalue weighted by Gasteiger charge is 2.35. The van der Waals surface area contributed by atoms with Gasteiger partial charge in [-0.2, -0.15) is 0 Å². The molecule has 0 saturated carbocycles. The molecular formula is C16H12N2O4. The van der Waals surface area contributed by atoms with Gasteiger partial charge in [-0.05, 0) is 17.5 Å². The van der Waals surface area contributed by atoms with Crippen LogP contribution in [0.4, 0.5) is 5.69 Å². The second-order valence-electron chi connectivity index (χ2n) is 5.10. The molecule has 0 aromatic heterocycles. The molecule has 1 aliphatic rings. The number of hydrogen-bond acceptors (Lipinski definition) is 4. The van der Waals surface area contributed by atoms with E-state index in [0.717, 1.165) is 11.1 Å². The molecule has 110 valence electrons. The van der Waals surface area contributed by atoms with Gasteiger partial charge in [-0.1, -0.05) is 42.5 Å². The van der Waals surface area contributed by atoms with E-state index in [9.17, 15) is 20.2 Å². The van der Waals surface area contributed by atoms with Crippen LogP contribution >= 0.6 is 0 Å². The van der Waals surface area contributed by atoms with Crippen molar-refractivity contribution in [2.24, 2.45) is 0 Å². The molecule has 6 heteroatoms. The highest BCUT2D eigenvalue weighted by molar-refractivity contribution is 5.62. The van der Waals surface area contributed by atoms with Crippen molar-refractivity contribution in [1.29, 1.82) is 0 Å². The first-order chi connectivity index (χ1) is 10.6. The normalized spacial score (nSPS) is 16.5. The van der Waals surface area contributed by atoms with Crippen LogP contribution < -0.4 is 0 Å². The molecule has 1 unspecified atom stereocenters. The fourth-order valence-corrected chi connectivity index (χ4v) is 2.84. The highest BCUT2D eigenvalue weighted by Crippen LogP contribution is 2.39. The maximum Gasteiger partial charge on any atom is 0.273 e. The molecule has 22 heavy (non-hydrogen) atoms. The fraction of sp³-hybridized carbons (Fsp3) is 0.125. The molecule has 6 nitrogen and oxygen atoms in total. The highest BCUT2D eigenvalue weighted by atomic mass is 16.6. The lowest BCUT2D eigenvalue weighted by atomic mass is 9.82. The number of fused-ring (bicyclic) bond motifs is 1. The predicted octanol–water partition coefficient (Wildman–Crippen LogP) is 3.55. The summed E-state index contributed by atoms with van der Waals surface area (Å²) in [5.74, 6) is -0.619. The van der Waals surface area contributed by atoms with Crippen LogP contribution in [0.1, 0.15) is 22.6 Å². The smallest absolute Gasteiger partial charge is 0.259 e. The Morgan fingerprint density at radius 2 is 1.59 bits per heavy atom. The van der Waals surface area contributed by atoms with Crippen LogP contribution in [0.15, 0.2) is 54.2 Å². The number of nitrogens with zero attached hydrogens (tertiary/aromatic N) is 2. The number of allylic oxidation sites excluding steroid dienone is 1. The van der Waals surface area contributed by atoms with Gasteiger partial charge < -0.3 is 0 Å². The number of rotatable bonds is 3. The predicted molar refractivity (Wildman–Crippen MR) is 81.0 cm³/mol. The Kier molecular flexibility index (Phi) is 3.42. The quantitative estimate of drug-likeness (QED) is 0.640. The van der Waals surface area contributed by atoms with Crippen molar-refractivity contribution in [3.05, 3.63) is 91.1 Å². The van der Waals surface area contributed by atoms with Crippen molar-refractivity contribution >= 4 is 11.8 Å². The minimum absolute atomic E-state index is 0.00648. The molecule has 0 spiro atoms. The minimum atomic E-state index is -0.619. The summed E-state index contributed by atoms with van der Waals surface area (Å²) in [4.78, 5) is 21.7. The van der Waals surface area contributed by atoms with Crippen molar-refractivity contribution in [3.63, 3.8) is 0 Å². The molecule has 0 radical (unpaired) electrons. The summed E-state index contributed by atoms with van der Waals surface area (Å²) >= 11 is 0. The third-order valence-electron chi connectivity index (χ3n) is 3.86. The van der Waals surface area contributed by atoms with E-state index in [1.54, 1.807) is 18.2 Å². The van der Waals surface area contributed by atoms with E-state index in [1.807, 2.05) is 24.3 Å². The number of para-hydroxylation sites is 1. The van der Waals surface area contributed by atoms with Crippen molar-refractivity contribution in [2.75, 3.05) is 0 Å². The summed E-state index contributed by atoms with van der Waals surface area (Å²) in [5.41, 5.74) is 2.04. The van der Waals surface area contributed by atoms with Gasteiger partial charge in [0.25, 0.3) is 11.4 Å². The average Bonchev–Trinajstić information content (AvgIpc) is 2.53. The Labute approximate surface area is 126 Å². The third-order valence-corrected chi connectivity index (χ3v) is 3.86. The summed E-state index contributed by atoms with van der Waals surface area (Å²) in [5, 5.41) is 22.6. The second-order valence-corrected chi connectivity index (χ2v) is 5.10. The first-order valence-electron chi connectivity index (χ1n) is 6.75. The summed E-state index contributed by atoms with van der Waals surface area (Å²) in [6, 6.07) is 13.6. The van der Waals surface area contributed by atoms with E-state index in [4.69, 9.17) is 0 Å². The van der Waals surface area contributed by atoms with Crippen molar-refractivity contribution in [2.45, 2.75) is 12.3 Å². The Balaban J connectivity index is 2.16.